The number of amides is 1. The zero-order valence-corrected chi connectivity index (χ0v) is 13.1. The number of rotatable bonds is 6. The lowest BCUT2D eigenvalue weighted by atomic mass is 10.1. The summed E-state index contributed by atoms with van der Waals surface area (Å²) in [5.74, 6) is -2.34. The molecule has 0 radical (unpaired) electrons. The predicted molar refractivity (Wildman–Crippen MR) is 86.1 cm³/mol. The number of nitrogens with one attached hydrogen (secondary N) is 1. The highest BCUT2D eigenvalue weighted by Gasteiger charge is 2.13. The first kappa shape index (κ1) is 18.6. The monoisotopic (exact) mass is 357 g/mol. The molecule has 0 fully saturated rings. The molecule has 0 unspecified atom stereocenters. The standard InChI is InChI=1S/C18H12F2N2O4/c19-18(20)26-15-4-2-1-3-12(15)9-13(10-21)16(23)22-14-7-5-11(6-8-14)17(24)25/h1-9,18H,(H,22,23)(H,24,25)/p-1/b13-9+. The van der Waals surface area contributed by atoms with Crippen molar-refractivity contribution in [3.8, 4) is 11.8 Å². The molecule has 0 aliphatic carbocycles. The minimum absolute atomic E-state index is 0.0721. The third kappa shape index (κ3) is 4.88. The van der Waals surface area contributed by atoms with Crippen molar-refractivity contribution in [2.24, 2.45) is 0 Å². The summed E-state index contributed by atoms with van der Waals surface area (Å²) in [4.78, 5) is 22.9. The maximum atomic E-state index is 12.4. The van der Waals surface area contributed by atoms with Crippen molar-refractivity contribution in [1.29, 1.82) is 5.26 Å². The quantitative estimate of drug-likeness (QED) is 0.631. The number of benzene rings is 2. The summed E-state index contributed by atoms with van der Waals surface area (Å²) in [6.07, 6.45) is 1.11. The van der Waals surface area contributed by atoms with Gasteiger partial charge in [0.05, 0.1) is 5.97 Å². The Morgan fingerprint density at radius 1 is 1.15 bits per heavy atom. The highest BCUT2D eigenvalue weighted by atomic mass is 19.3. The Balaban J connectivity index is 2.22. The van der Waals surface area contributed by atoms with E-state index < -0.39 is 18.5 Å². The van der Waals surface area contributed by atoms with Gasteiger partial charge in [-0.3, -0.25) is 4.79 Å². The molecule has 2 aromatic rings. The summed E-state index contributed by atoms with van der Waals surface area (Å²) in [7, 11) is 0. The van der Waals surface area contributed by atoms with Crippen LogP contribution in [0.5, 0.6) is 5.75 Å². The van der Waals surface area contributed by atoms with Crippen molar-refractivity contribution in [2.45, 2.75) is 6.61 Å². The SMILES string of the molecule is N#C/C(=C\c1ccccc1OC(F)F)C(=O)Nc1ccc(C(=O)[O-])cc1. The zero-order valence-electron chi connectivity index (χ0n) is 13.1. The van der Waals surface area contributed by atoms with Crippen LogP contribution < -0.4 is 15.2 Å². The second-order valence-corrected chi connectivity index (χ2v) is 4.91. The number of alkyl halides is 2. The minimum Gasteiger partial charge on any atom is -0.545 e. The molecule has 0 spiro atoms. The molecule has 132 valence electrons. The van der Waals surface area contributed by atoms with Crippen LogP contribution in [0.15, 0.2) is 54.1 Å². The summed E-state index contributed by atoms with van der Waals surface area (Å²) in [6.45, 7) is -3.05. The first-order chi connectivity index (χ1) is 12.4. The van der Waals surface area contributed by atoms with Crippen LogP contribution in [0.3, 0.4) is 0 Å². The number of nitrogens with zero attached hydrogens (tertiary/aromatic N) is 1. The number of carboxylic acids is 1. The lowest BCUT2D eigenvalue weighted by Crippen LogP contribution is -2.22. The second-order valence-electron chi connectivity index (χ2n) is 4.91. The van der Waals surface area contributed by atoms with E-state index in [-0.39, 0.29) is 28.1 Å². The molecule has 2 aromatic carbocycles. The van der Waals surface area contributed by atoms with E-state index in [2.05, 4.69) is 10.1 Å². The molecule has 8 heteroatoms. The van der Waals surface area contributed by atoms with Gasteiger partial charge in [-0.2, -0.15) is 14.0 Å². The molecule has 0 bridgehead atoms. The third-order valence-corrected chi connectivity index (χ3v) is 3.18. The van der Waals surface area contributed by atoms with Crippen LogP contribution in [0.1, 0.15) is 15.9 Å². The molecule has 0 saturated heterocycles. The van der Waals surface area contributed by atoms with Gasteiger partial charge in [-0.15, -0.1) is 0 Å². The fourth-order valence-electron chi connectivity index (χ4n) is 2.00. The van der Waals surface area contributed by atoms with Gasteiger partial charge in [0.1, 0.15) is 17.4 Å². The number of hydrogen-bond acceptors (Lipinski definition) is 5. The van der Waals surface area contributed by atoms with Crippen LogP contribution in [0.2, 0.25) is 0 Å². The number of hydrogen-bond donors (Lipinski definition) is 1. The Morgan fingerprint density at radius 2 is 1.81 bits per heavy atom. The minimum atomic E-state index is -3.05. The highest BCUT2D eigenvalue weighted by molar-refractivity contribution is 6.09. The molecule has 1 amide bonds. The van der Waals surface area contributed by atoms with Gasteiger partial charge in [0.2, 0.25) is 0 Å². The number of carbonyl (C=O) groups is 2. The fourth-order valence-corrected chi connectivity index (χ4v) is 2.00. The first-order valence-corrected chi connectivity index (χ1v) is 7.19. The van der Waals surface area contributed by atoms with E-state index in [1.165, 1.54) is 48.5 Å². The summed E-state index contributed by atoms with van der Waals surface area (Å²) in [5, 5.41) is 22.3. The Bertz CT molecular complexity index is 887. The van der Waals surface area contributed by atoms with Crippen LogP contribution in [0.25, 0.3) is 6.08 Å². The molecule has 0 saturated carbocycles. The lowest BCUT2D eigenvalue weighted by molar-refractivity contribution is -0.255. The molecular formula is C18H11F2N2O4-. The summed E-state index contributed by atoms with van der Waals surface area (Å²) < 4.78 is 29.2. The van der Waals surface area contributed by atoms with E-state index in [0.717, 1.165) is 6.08 Å². The lowest BCUT2D eigenvalue weighted by Gasteiger charge is -2.09. The highest BCUT2D eigenvalue weighted by Crippen LogP contribution is 2.23. The largest absolute Gasteiger partial charge is 0.545 e. The predicted octanol–water partition coefficient (Wildman–Crippen LogP) is 2.20. The van der Waals surface area contributed by atoms with E-state index >= 15 is 0 Å². The number of carboxylic acid groups (broad SMARTS) is 1. The van der Waals surface area contributed by atoms with Gasteiger partial charge in [0, 0.05) is 11.3 Å². The van der Waals surface area contributed by atoms with E-state index in [4.69, 9.17) is 0 Å². The molecule has 0 aliphatic rings. The Kier molecular flexibility index (Phi) is 6.01. The van der Waals surface area contributed by atoms with Gasteiger partial charge in [-0.1, -0.05) is 30.3 Å². The maximum Gasteiger partial charge on any atom is 0.387 e. The molecule has 6 nitrogen and oxygen atoms in total. The normalized spacial score (nSPS) is 10.9. The topological polar surface area (TPSA) is 102 Å². The van der Waals surface area contributed by atoms with Gasteiger partial charge < -0.3 is 20.0 Å². The summed E-state index contributed by atoms with van der Waals surface area (Å²) >= 11 is 0. The number of ether oxygens (including phenoxy) is 1. The van der Waals surface area contributed by atoms with E-state index in [1.807, 2.05) is 0 Å². The smallest absolute Gasteiger partial charge is 0.387 e. The molecule has 2 rings (SSSR count). The molecule has 0 aromatic heterocycles. The van der Waals surface area contributed by atoms with Gasteiger partial charge in [0.15, 0.2) is 0 Å². The van der Waals surface area contributed by atoms with E-state index in [9.17, 15) is 28.7 Å². The molecule has 1 N–H and O–H groups in total. The average Bonchev–Trinajstić information content (AvgIpc) is 2.60. The van der Waals surface area contributed by atoms with Gasteiger partial charge in [-0.25, -0.2) is 0 Å². The summed E-state index contributed by atoms with van der Waals surface area (Å²) in [5.41, 5.74) is -0.0403. The maximum absolute atomic E-state index is 12.4. The number of carbonyl (C=O) groups excluding carboxylic acids is 2. The molecular weight excluding hydrogens is 346 g/mol. The van der Waals surface area contributed by atoms with Crippen molar-refractivity contribution in [2.75, 3.05) is 5.32 Å². The van der Waals surface area contributed by atoms with Crippen molar-refractivity contribution in [3.63, 3.8) is 0 Å². The van der Waals surface area contributed by atoms with Crippen LogP contribution in [0, 0.1) is 11.3 Å². The Labute approximate surface area is 146 Å². The summed E-state index contributed by atoms with van der Waals surface area (Å²) in [6, 6.07) is 12.5. The van der Waals surface area contributed by atoms with E-state index in [1.54, 1.807) is 6.07 Å². The van der Waals surface area contributed by atoms with Gasteiger partial charge in [-0.05, 0) is 29.8 Å². The van der Waals surface area contributed by atoms with Gasteiger partial charge in [0.25, 0.3) is 5.91 Å². The number of aromatic carboxylic acids is 1. The van der Waals surface area contributed by atoms with Crippen molar-refractivity contribution in [1.82, 2.24) is 0 Å². The Morgan fingerprint density at radius 3 is 2.38 bits per heavy atom. The molecule has 0 aliphatic heterocycles. The average molecular weight is 357 g/mol. The second kappa shape index (κ2) is 8.39. The van der Waals surface area contributed by atoms with Crippen molar-refractivity contribution in [3.05, 3.63) is 65.2 Å². The third-order valence-electron chi connectivity index (χ3n) is 3.18. The van der Waals surface area contributed by atoms with Crippen molar-refractivity contribution >= 4 is 23.6 Å². The van der Waals surface area contributed by atoms with Crippen LogP contribution in [0.4, 0.5) is 14.5 Å². The van der Waals surface area contributed by atoms with Crippen LogP contribution >= 0.6 is 0 Å². The molecule has 0 atom stereocenters. The fraction of sp³-hybridized carbons (Fsp3) is 0.0556. The number of nitriles is 1. The first-order valence-electron chi connectivity index (χ1n) is 7.19. The Hall–Kier alpha value is -3.73. The van der Waals surface area contributed by atoms with Crippen molar-refractivity contribution < 1.29 is 28.2 Å². The van der Waals surface area contributed by atoms with Crippen LogP contribution in [-0.2, 0) is 4.79 Å². The van der Waals surface area contributed by atoms with Gasteiger partial charge >= 0.3 is 6.61 Å². The number of anilines is 1. The number of para-hydroxylation sites is 1. The number of halogens is 2. The molecule has 26 heavy (non-hydrogen) atoms. The zero-order chi connectivity index (χ0) is 19.1. The van der Waals surface area contributed by atoms with Crippen LogP contribution in [-0.4, -0.2) is 18.5 Å². The van der Waals surface area contributed by atoms with E-state index in [0.29, 0.717) is 0 Å². The molecule has 0 heterocycles.